The molecule has 1 N–H and O–H groups in total. The van der Waals surface area contributed by atoms with Gasteiger partial charge in [0.15, 0.2) is 0 Å². The molecule has 0 aliphatic carbocycles. The molecular formula is C16H36NO+. The van der Waals surface area contributed by atoms with Crippen LogP contribution in [0.5, 0.6) is 0 Å². The van der Waals surface area contributed by atoms with Crippen molar-refractivity contribution < 1.29 is 9.59 Å². The van der Waals surface area contributed by atoms with E-state index < -0.39 is 0 Å². The summed E-state index contributed by atoms with van der Waals surface area (Å²) in [7, 11) is 2.32. The molecule has 0 rings (SSSR count). The highest BCUT2D eigenvalue weighted by atomic mass is 16.3. The first-order chi connectivity index (χ1) is 8.68. The molecule has 2 nitrogen and oxygen atoms in total. The Kier molecular flexibility index (Phi) is 11.9. The van der Waals surface area contributed by atoms with Crippen molar-refractivity contribution in [2.75, 3.05) is 33.3 Å². The molecule has 0 bridgehead atoms. The van der Waals surface area contributed by atoms with Gasteiger partial charge in [-0.15, -0.1) is 0 Å². The molecule has 0 aliphatic heterocycles. The number of quaternary nitrogens is 1. The van der Waals surface area contributed by atoms with Crippen LogP contribution in [0.4, 0.5) is 0 Å². The van der Waals surface area contributed by atoms with Crippen molar-refractivity contribution in [1.82, 2.24) is 0 Å². The van der Waals surface area contributed by atoms with Crippen molar-refractivity contribution in [1.29, 1.82) is 0 Å². The fraction of sp³-hybridized carbons (Fsp3) is 1.00. The molecule has 0 amide bonds. The number of unbranched alkanes of at least 4 members (excludes halogenated alkanes) is 7. The zero-order valence-corrected chi connectivity index (χ0v) is 13.1. The van der Waals surface area contributed by atoms with Crippen LogP contribution < -0.4 is 0 Å². The normalized spacial score (nSPS) is 14.7. The molecule has 0 aromatic carbocycles. The highest BCUT2D eigenvalue weighted by Crippen LogP contribution is 2.12. The summed E-state index contributed by atoms with van der Waals surface area (Å²) in [6.45, 7) is 8.27. The van der Waals surface area contributed by atoms with Gasteiger partial charge in [-0.25, -0.2) is 0 Å². The molecule has 0 spiro atoms. The van der Waals surface area contributed by atoms with Gasteiger partial charge in [-0.3, -0.25) is 0 Å². The summed E-state index contributed by atoms with van der Waals surface area (Å²) in [6, 6.07) is 0. The third-order valence-corrected chi connectivity index (χ3v) is 3.99. The second-order valence-electron chi connectivity index (χ2n) is 5.99. The molecule has 18 heavy (non-hydrogen) atoms. The van der Waals surface area contributed by atoms with E-state index in [1.165, 1.54) is 70.9 Å². The van der Waals surface area contributed by atoms with Crippen molar-refractivity contribution in [2.24, 2.45) is 0 Å². The summed E-state index contributed by atoms with van der Waals surface area (Å²) in [5, 5.41) is 9.22. The molecule has 0 saturated heterocycles. The van der Waals surface area contributed by atoms with E-state index in [1.807, 2.05) is 0 Å². The van der Waals surface area contributed by atoms with Crippen molar-refractivity contribution in [3.63, 3.8) is 0 Å². The first-order valence-corrected chi connectivity index (χ1v) is 8.13. The lowest BCUT2D eigenvalue weighted by Gasteiger charge is -2.34. The first kappa shape index (κ1) is 17.9. The molecule has 0 aliphatic rings. The molecular weight excluding hydrogens is 222 g/mol. The van der Waals surface area contributed by atoms with Gasteiger partial charge in [0.2, 0.25) is 0 Å². The van der Waals surface area contributed by atoms with E-state index in [-0.39, 0.29) is 0 Å². The maximum absolute atomic E-state index is 9.22. The van der Waals surface area contributed by atoms with Crippen molar-refractivity contribution in [2.45, 2.75) is 71.6 Å². The third-order valence-electron chi connectivity index (χ3n) is 3.99. The molecule has 2 heteroatoms. The summed E-state index contributed by atoms with van der Waals surface area (Å²) in [5.74, 6) is 0. The monoisotopic (exact) mass is 258 g/mol. The zero-order chi connectivity index (χ0) is 13.7. The number of likely N-dealkylation sites (N-methyl/N-ethyl adjacent to an activating group) is 1. The lowest BCUT2D eigenvalue weighted by Crippen LogP contribution is -2.47. The van der Waals surface area contributed by atoms with Crippen LogP contribution in [-0.4, -0.2) is 42.9 Å². The second kappa shape index (κ2) is 12.0. The molecule has 0 aromatic heterocycles. The Labute approximate surface area is 115 Å². The van der Waals surface area contributed by atoms with Gasteiger partial charge in [0.25, 0.3) is 0 Å². The van der Waals surface area contributed by atoms with Crippen LogP contribution in [0.2, 0.25) is 0 Å². The summed E-state index contributed by atoms with van der Waals surface area (Å²) in [5.41, 5.74) is 0. The highest BCUT2D eigenvalue weighted by molar-refractivity contribution is 4.47. The lowest BCUT2D eigenvalue weighted by molar-refractivity contribution is -0.910. The Bertz CT molecular complexity index is 172. The number of aliphatic hydroxyl groups is 1. The standard InChI is InChI=1S/C16H36NO/c1-4-6-8-9-10-12-14-17(3,15-16-18)13-11-7-5-2/h18H,4-16H2,1-3H3/q+1. The van der Waals surface area contributed by atoms with Gasteiger partial charge < -0.3 is 9.59 Å². The molecule has 110 valence electrons. The van der Waals surface area contributed by atoms with E-state index in [0.717, 1.165) is 11.0 Å². The number of hydrogen-bond donors (Lipinski definition) is 1. The van der Waals surface area contributed by atoms with Crippen LogP contribution in [0.1, 0.15) is 71.6 Å². The van der Waals surface area contributed by atoms with Crippen LogP contribution in [-0.2, 0) is 0 Å². The lowest BCUT2D eigenvalue weighted by atomic mass is 10.1. The summed E-state index contributed by atoms with van der Waals surface area (Å²) < 4.78 is 1.07. The summed E-state index contributed by atoms with van der Waals surface area (Å²) in [4.78, 5) is 0. The molecule has 0 radical (unpaired) electrons. The predicted molar refractivity (Wildman–Crippen MR) is 80.8 cm³/mol. The third kappa shape index (κ3) is 9.90. The van der Waals surface area contributed by atoms with Crippen LogP contribution in [0, 0.1) is 0 Å². The maximum atomic E-state index is 9.22. The van der Waals surface area contributed by atoms with Crippen molar-refractivity contribution in [3.8, 4) is 0 Å². The van der Waals surface area contributed by atoms with E-state index in [2.05, 4.69) is 20.9 Å². The van der Waals surface area contributed by atoms with Gasteiger partial charge in [-0.1, -0.05) is 46.0 Å². The average molecular weight is 258 g/mol. The Morgan fingerprint density at radius 1 is 0.667 bits per heavy atom. The van der Waals surface area contributed by atoms with Gasteiger partial charge in [-0.05, 0) is 25.7 Å². The minimum atomic E-state index is 0.332. The van der Waals surface area contributed by atoms with E-state index >= 15 is 0 Å². The number of rotatable bonds is 13. The molecule has 0 saturated carbocycles. The van der Waals surface area contributed by atoms with Crippen LogP contribution in [0.3, 0.4) is 0 Å². The van der Waals surface area contributed by atoms with Gasteiger partial charge in [-0.2, -0.15) is 0 Å². The number of hydrogen-bond acceptors (Lipinski definition) is 1. The van der Waals surface area contributed by atoms with Crippen LogP contribution in [0.25, 0.3) is 0 Å². The van der Waals surface area contributed by atoms with Gasteiger partial charge in [0.05, 0.1) is 26.7 Å². The SMILES string of the molecule is CCCCCCCC[N+](C)(CCO)CCCCC. The highest BCUT2D eigenvalue weighted by Gasteiger charge is 2.19. The minimum absolute atomic E-state index is 0.332. The van der Waals surface area contributed by atoms with Gasteiger partial charge >= 0.3 is 0 Å². The van der Waals surface area contributed by atoms with Crippen LogP contribution in [0.15, 0.2) is 0 Å². The molecule has 1 atom stereocenters. The Morgan fingerprint density at radius 3 is 1.67 bits per heavy atom. The van der Waals surface area contributed by atoms with Crippen molar-refractivity contribution in [3.05, 3.63) is 0 Å². The summed E-state index contributed by atoms with van der Waals surface area (Å²) in [6.07, 6.45) is 12.1. The van der Waals surface area contributed by atoms with Gasteiger partial charge in [0.1, 0.15) is 6.54 Å². The van der Waals surface area contributed by atoms with Crippen molar-refractivity contribution >= 4 is 0 Å². The second-order valence-corrected chi connectivity index (χ2v) is 5.99. The first-order valence-electron chi connectivity index (χ1n) is 8.13. The van der Waals surface area contributed by atoms with E-state index in [4.69, 9.17) is 0 Å². The molecule has 1 unspecified atom stereocenters. The van der Waals surface area contributed by atoms with E-state index in [0.29, 0.717) is 6.61 Å². The molecule has 0 heterocycles. The average Bonchev–Trinajstić information content (AvgIpc) is 2.34. The topological polar surface area (TPSA) is 20.2 Å². The van der Waals surface area contributed by atoms with Gasteiger partial charge in [0, 0.05) is 0 Å². The number of aliphatic hydroxyl groups excluding tert-OH is 1. The smallest absolute Gasteiger partial charge is 0.102 e. The van der Waals surface area contributed by atoms with E-state index in [9.17, 15) is 5.11 Å². The fourth-order valence-electron chi connectivity index (χ4n) is 2.59. The Balaban J connectivity index is 3.72. The Hall–Kier alpha value is -0.0800. The molecule has 0 fully saturated rings. The molecule has 0 aromatic rings. The number of nitrogens with zero attached hydrogens (tertiary/aromatic N) is 1. The largest absolute Gasteiger partial charge is 0.391 e. The van der Waals surface area contributed by atoms with E-state index in [1.54, 1.807) is 0 Å². The quantitative estimate of drug-likeness (QED) is 0.391. The zero-order valence-electron chi connectivity index (χ0n) is 13.1. The fourth-order valence-corrected chi connectivity index (χ4v) is 2.59. The minimum Gasteiger partial charge on any atom is -0.391 e. The maximum Gasteiger partial charge on any atom is 0.102 e. The van der Waals surface area contributed by atoms with Crippen LogP contribution >= 0.6 is 0 Å². The predicted octanol–water partition coefficient (Wildman–Crippen LogP) is 3.98. The summed E-state index contributed by atoms with van der Waals surface area (Å²) >= 11 is 0. The Morgan fingerprint density at radius 2 is 1.11 bits per heavy atom.